The molecule has 0 saturated carbocycles. The van der Waals surface area contributed by atoms with Crippen LogP contribution in [0.3, 0.4) is 0 Å². The second kappa shape index (κ2) is 21.5. The van der Waals surface area contributed by atoms with E-state index in [4.69, 9.17) is 13.7 Å². The molecule has 1 rings (SSSR count). The van der Waals surface area contributed by atoms with Crippen LogP contribution in [0.4, 0.5) is 0 Å². The molecule has 214 valence electrons. The third-order valence-electron chi connectivity index (χ3n) is 6.45. The second-order valence-corrected chi connectivity index (χ2v) is 11.7. The predicted molar refractivity (Wildman–Crippen MR) is 150 cm³/mol. The number of hydrogen-bond acceptors (Lipinski definition) is 6. The highest BCUT2D eigenvalue weighted by Gasteiger charge is 2.21. The molecule has 1 atom stereocenters. The summed E-state index contributed by atoms with van der Waals surface area (Å²) in [6, 6.07) is 6.46. The van der Waals surface area contributed by atoms with Crippen LogP contribution in [-0.4, -0.2) is 40.3 Å². The Morgan fingerprint density at radius 3 is 1.78 bits per heavy atom. The van der Waals surface area contributed by atoms with Crippen molar-refractivity contribution in [2.24, 2.45) is 0 Å². The van der Waals surface area contributed by atoms with E-state index in [0.717, 1.165) is 37.7 Å². The standard InChI is InChI=1S/C30H52O6S/c1-4-6-8-9-10-11-12-13-14-15-16-17-18-19-30(31)36-28(25-34-24-7-5-2)26-35-37(32,33)29-22-20-27(3)21-23-29/h20-23,28H,4-19,24-26H2,1-3H3/t28-/m0/s1. The SMILES string of the molecule is CCCCCCCCCCCCCCCC(=O)O[C@@H](COCCCC)COS(=O)(=O)c1ccc(C)cc1. The van der Waals surface area contributed by atoms with Crippen LogP contribution in [0.5, 0.6) is 0 Å². The highest BCUT2D eigenvalue weighted by atomic mass is 32.2. The molecule has 0 spiro atoms. The summed E-state index contributed by atoms with van der Waals surface area (Å²) in [5, 5.41) is 0. The van der Waals surface area contributed by atoms with E-state index in [0.29, 0.717) is 13.0 Å². The van der Waals surface area contributed by atoms with Gasteiger partial charge < -0.3 is 9.47 Å². The first-order valence-electron chi connectivity index (χ1n) is 14.6. The first-order valence-corrected chi connectivity index (χ1v) is 16.0. The van der Waals surface area contributed by atoms with Crippen LogP contribution < -0.4 is 0 Å². The monoisotopic (exact) mass is 540 g/mol. The summed E-state index contributed by atoms with van der Waals surface area (Å²) in [5.74, 6) is -0.330. The van der Waals surface area contributed by atoms with Gasteiger partial charge in [-0.25, -0.2) is 0 Å². The van der Waals surface area contributed by atoms with Gasteiger partial charge in [0, 0.05) is 13.0 Å². The fourth-order valence-electron chi connectivity index (χ4n) is 4.05. The number of esters is 1. The molecule has 0 unspecified atom stereocenters. The van der Waals surface area contributed by atoms with Crippen molar-refractivity contribution in [2.45, 2.75) is 135 Å². The van der Waals surface area contributed by atoms with Gasteiger partial charge in [0.2, 0.25) is 0 Å². The Morgan fingerprint density at radius 2 is 1.24 bits per heavy atom. The minimum atomic E-state index is -3.93. The van der Waals surface area contributed by atoms with Crippen LogP contribution in [-0.2, 0) is 28.6 Å². The van der Waals surface area contributed by atoms with Crippen molar-refractivity contribution >= 4 is 16.1 Å². The molecule has 0 N–H and O–H groups in total. The van der Waals surface area contributed by atoms with Gasteiger partial charge in [0.25, 0.3) is 10.1 Å². The van der Waals surface area contributed by atoms with Crippen LogP contribution in [0.25, 0.3) is 0 Å². The summed E-state index contributed by atoms with van der Waals surface area (Å²) < 4.78 is 41.4. The van der Waals surface area contributed by atoms with Crippen molar-refractivity contribution in [1.29, 1.82) is 0 Å². The molecule has 0 fully saturated rings. The molecule has 0 amide bonds. The number of carbonyl (C=O) groups is 1. The lowest BCUT2D eigenvalue weighted by atomic mass is 10.0. The number of ether oxygens (including phenoxy) is 2. The Morgan fingerprint density at radius 1 is 0.730 bits per heavy atom. The zero-order chi connectivity index (χ0) is 27.2. The zero-order valence-electron chi connectivity index (χ0n) is 23.7. The first-order chi connectivity index (χ1) is 17.9. The predicted octanol–water partition coefficient (Wildman–Crippen LogP) is 7.91. The highest BCUT2D eigenvalue weighted by Crippen LogP contribution is 2.16. The quantitative estimate of drug-likeness (QED) is 0.0753. The van der Waals surface area contributed by atoms with Gasteiger partial charge in [-0.15, -0.1) is 0 Å². The minimum absolute atomic E-state index is 0.0852. The van der Waals surface area contributed by atoms with Crippen molar-refractivity contribution in [3.8, 4) is 0 Å². The number of benzene rings is 1. The maximum absolute atomic E-state index is 12.5. The van der Waals surface area contributed by atoms with Gasteiger partial charge in [0.15, 0.2) is 0 Å². The Labute approximate surface area is 227 Å². The van der Waals surface area contributed by atoms with E-state index in [1.54, 1.807) is 12.1 Å². The highest BCUT2D eigenvalue weighted by molar-refractivity contribution is 7.86. The number of aryl methyl sites for hydroxylation is 1. The van der Waals surface area contributed by atoms with E-state index in [1.807, 2.05) is 6.92 Å². The molecular weight excluding hydrogens is 488 g/mol. The van der Waals surface area contributed by atoms with Crippen molar-refractivity contribution in [1.82, 2.24) is 0 Å². The third kappa shape index (κ3) is 17.7. The van der Waals surface area contributed by atoms with E-state index >= 15 is 0 Å². The number of rotatable bonds is 24. The smallest absolute Gasteiger partial charge is 0.306 e. The van der Waals surface area contributed by atoms with Gasteiger partial charge in [-0.2, -0.15) is 8.42 Å². The Balaban J connectivity index is 2.27. The van der Waals surface area contributed by atoms with Crippen molar-refractivity contribution in [2.75, 3.05) is 19.8 Å². The molecule has 0 saturated heterocycles. The lowest BCUT2D eigenvalue weighted by Crippen LogP contribution is -2.30. The van der Waals surface area contributed by atoms with E-state index in [9.17, 15) is 13.2 Å². The summed E-state index contributed by atoms with van der Waals surface area (Å²) >= 11 is 0. The van der Waals surface area contributed by atoms with Crippen LogP contribution in [0.15, 0.2) is 29.2 Å². The molecule has 0 heterocycles. The van der Waals surface area contributed by atoms with Crippen molar-refractivity contribution in [3.05, 3.63) is 29.8 Å². The maximum atomic E-state index is 12.5. The molecule has 0 radical (unpaired) electrons. The van der Waals surface area contributed by atoms with Crippen molar-refractivity contribution in [3.63, 3.8) is 0 Å². The molecule has 6 nitrogen and oxygen atoms in total. The van der Waals surface area contributed by atoms with Gasteiger partial charge in [0.05, 0.1) is 11.5 Å². The zero-order valence-corrected chi connectivity index (χ0v) is 24.5. The van der Waals surface area contributed by atoms with Gasteiger partial charge >= 0.3 is 5.97 Å². The molecule has 0 aromatic heterocycles. The Hall–Kier alpha value is -1.44. The summed E-state index contributed by atoms with van der Waals surface area (Å²) in [6.45, 7) is 6.60. The fourth-order valence-corrected chi connectivity index (χ4v) is 4.98. The third-order valence-corrected chi connectivity index (χ3v) is 7.74. The summed E-state index contributed by atoms with van der Waals surface area (Å²) in [4.78, 5) is 12.5. The van der Waals surface area contributed by atoms with Crippen LogP contribution in [0.2, 0.25) is 0 Å². The number of carbonyl (C=O) groups excluding carboxylic acids is 1. The summed E-state index contributed by atoms with van der Waals surface area (Å²) in [6.07, 6.45) is 17.6. The fraction of sp³-hybridized carbons (Fsp3) is 0.767. The lowest BCUT2D eigenvalue weighted by molar-refractivity contribution is -0.154. The van der Waals surface area contributed by atoms with E-state index in [2.05, 4.69) is 13.8 Å². The normalized spacial score (nSPS) is 12.5. The van der Waals surface area contributed by atoms with Gasteiger partial charge in [-0.05, 0) is 31.9 Å². The Kier molecular flexibility index (Phi) is 19.5. The van der Waals surface area contributed by atoms with E-state index in [1.165, 1.54) is 76.3 Å². The average Bonchev–Trinajstić information content (AvgIpc) is 2.88. The van der Waals surface area contributed by atoms with Gasteiger partial charge in [-0.3, -0.25) is 8.98 Å². The van der Waals surface area contributed by atoms with Gasteiger partial charge in [0.1, 0.15) is 12.7 Å². The van der Waals surface area contributed by atoms with Crippen LogP contribution >= 0.6 is 0 Å². The van der Waals surface area contributed by atoms with E-state index in [-0.39, 0.29) is 24.1 Å². The molecule has 7 heteroatoms. The number of unbranched alkanes of at least 4 members (excludes halogenated alkanes) is 13. The van der Waals surface area contributed by atoms with E-state index < -0.39 is 16.2 Å². The van der Waals surface area contributed by atoms with Crippen LogP contribution in [0.1, 0.15) is 122 Å². The number of hydrogen-bond donors (Lipinski definition) is 0. The molecule has 1 aromatic rings. The summed E-state index contributed by atoms with van der Waals surface area (Å²) in [7, 11) is -3.93. The lowest BCUT2D eigenvalue weighted by Gasteiger charge is -2.18. The minimum Gasteiger partial charge on any atom is -0.457 e. The molecule has 1 aromatic carbocycles. The van der Waals surface area contributed by atoms with Crippen LogP contribution in [0, 0.1) is 6.92 Å². The Bertz CT molecular complexity index is 791. The first kappa shape index (κ1) is 33.6. The maximum Gasteiger partial charge on any atom is 0.306 e. The second-order valence-electron chi connectivity index (χ2n) is 10.1. The average molecular weight is 541 g/mol. The molecule has 0 aliphatic rings. The molecule has 37 heavy (non-hydrogen) atoms. The van der Waals surface area contributed by atoms with Gasteiger partial charge in [-0.1, -0.05) is 115 Å². The molecule has 0 bridgehead atoms. The molecule has 0 aliphatic heterocycles. The summed E-state index contributed by atoms with van der Waals surface area (Å²) in [5.41, 5.74) is 0.961. The van der Waals surface area contributed by atoms with Crippen molar-refractivity contribution < 1.29 is 26.9 Å². The molecular formula is C30H52O6S. The largest absolute Gasteiger partial charge is 0.457 e. The molecule has 0 aliphatic carbocycles. The topological polar surface area (TPSA) is 78.9 Å².